The molecular formula is C37H40F4N4O2S. The fraction of sp³-hybridized carbons (Fsp3) is 0.378. The molecule has 48 heavy (non-hydrogen) atoms. The van der Waals surface area contributed by atoms with Gasteiger partial charge in [-0.15, -0.1) is 0 Å². The van der Waals surface area contributed by atoms with Crippen LogP contribution >= 0.6 is 11.8 Å². The number of hydrogen-bond acceptors (Lipinski definition) is 5. The monoisotopic (exact) mass is 691 g/mol. The van der Waals surface area contributed by atoms with E-state index in [1.807, 2.05) is 18.7 Å². The highest BCUT2D eigenvalue weighted by Gasteiger charge is 2.32. The summed E-state index contributed by atoms with van der Waals surface area (Å²) in [7, 11) is 0. The van der Waals surface area contributed by atoms with Crippen LogP contribution in [0, 0.1) is 12.7 Å². The second kappa shape index (κ2) is 15.5. The van der Waals surface area contributed by atoms with E-state index in [4.69, 9.17) is 12.3 Å². The number of aromatic nitrogens is 2. The number of fused-ring (bicyclic) bond motifs is 1. The summed E-state index contributed by atoms with van der Waals surface area (Å²) in [4.78, 5) is 34.4. The van der Waals surface area contributed by atoms with Crippen LogP contribution in [0.1, 0.15) is 68.9 Å². The Balaban J connectivity index is 1.66. The number of amides is 1. The minimum atomic E-state index is -5.12. The van der Waals surface area contributed by atoms with Gasteiger partial charge in [0.2, 0.25) is 5.91 Å². The molecule has 0 spiro atoms. The SMILES string of the molecule is [2H]c1c([2H])c(C([2H])([2H])N(CCN(CC)CC)C(=O)Cn2c(SC([2H])([2H])c3ccc(F)cc3)nc(=O)c3c2CCC3)c([2H])c([2H])c1-c1c([2H])c([2H])c(C(F)(F)F)c(C)c1[2H]. The van der Waals surface area contributed by atoms with E-state index in [1.165, 1.54) is 16.7 Å². The van der Waals surface area contributed by atoms with Gasteiger partial charge in [0.1, 0.15) is 12.4 Å². The van der Waals surface area contributed by atoms with E-state index in [0.29, 0.717) is 54.7 Å². The lowest BCUT2D eigenvalue weighted by Crippen LogP contribution is -2.40. The van der Waals surface area contributed by atoms with E-state index in [1.54, 1.807) is 0 Å². The van der Waals surface area contributed by atoms with Crippen molar-refractivity contribution in [1.29, 1.82) is 0 Å². The number of carbonyl (C=O) groups is 1. The van der Waals surface area contributed by atoms with Gasteiger partial charge in [0.15, 0.2) is 5.16 Å². The molecule has 0 fully saturated rings. The summed E-state index contributed by atoms with van der Waals surface area (Å²) in [6, 6.07) is -3.09. The third-order valence-corrected chi connectivity index (χ3v) is 8.67. The molecule has 1 aliphatic carbocycles. The van der Waals surface area contributed by atoms with Crippen molar-refractivity contribution in [3.05, 3.63) is 116 Å². The van der Waals surface area contributed by atoms with Gasteiger partial charge in [-0.2, -0.15) is 18.2 Å². The van der Waals surface area contributed by atoms with Crippen molar-refractivity contribution in [2.75, 3.05) is 26.2 Å². The molecule has 1 aromatic heterocycles. The number of nitrogens with zero attached hydrogens (tertiary/aromatic N) is 4. The van der Waals surface area contributed by atoms with Gasteiger partial charge in [0.05, 0.1) is 17.9 Å². The van der Waals surface area contributed by atoms with Crippen LogP contribution in [-0.2, 0) is 42.6 Å². The van der Waals surface area contributed by atoms with Crippen molar-refractivity contribution in [3.63, 3.8) is 0 Å². The number of likely N-dealkylation sites (N-methyl/N-ethyl adjacent to an activating group) is 1. The van der Waals surface area contributed by atoms with Crippen molar-refractivity contribution in [1.82, 2.24) is 19.4 Å². The maximum Gasteiger partial charge on any atom is 0.416 e. The van der Waals surface area contributed by atoms with Crippen LogP contribution in [0.4, 0.5) is 17.6 Å². The van der Waals surface area contributed by atoms with E-state index in [2.05, 4.69) is 4.98 Å². The number of carbonyl (C=O) groups excluding carboxylic acids is 1. The van der Waals surface area contributed by atoms with E-state index in [0.717, 1.165) is 19.1 Å². The molecule has 11 heteroatoms. The fourth-order valence-electron chi connectivity index (χ4n) is 5.23. The van der Waals surface area contributed by atoms with Crippen molar-refractivity contribution >= 4 is 17.7 Å². The number of benzene rings is 3. The topological polar surface area (TPSA) is 58.4 Å². The average Bonchev–Trinajstić information content (AvgIpc) is 3.65. The third-order valence-electron chi connectivity index (χ3n) is 7.84. The number of alkyl halides is 3. The molecule has 0 aliphatic heterocycles. The summed E-state index contributed by atoms with van der Waals surface area (Å²) in [5.41, 5.74) is -7.13. The summed E-state index contributed by atoms with van der Waals surface area (Å²) in [5.74, 6) is -1.59. The second-order valence-electron chi connectivity index (χ2n) is 11.0. The zero-order chi connectivity index (χ0) is 44.1. The number of rotatable bonds is 13. The molecule has 1 amide bonds. The lowest BCUT2D eigenvalue weighted by atomic mass is 9.98. The van der Waals surface area contributed by atoms with Gasteiger partial charge >= 0.3 is 6.18 Å². The van der Waals surface area contributed by atoms with Crippen LogP contribution < -0.4 is 5.56 Å². The molecule has 254 valence electrons. The van der Waals surface area contributed by atoms with Gasteiger partial charge in [-0.1, -0.05) is 74.0 Å². The first-order valence-electron chi connectivity index (χ1n) is 20.8. The predicted molar refractivity (Wildman–Crippen MR) is 181 cm³/mol. The molecule has 0 N–H and O–H groups in total. The van der Waals surface area contributed by atoms with Crippen molar-refractivity contribution in [3.8, 4) is 11.1 Å². The standard InChI is InChI=1S/C37H40F4N4O2S/c1-4-43(5-2)19-20-44(22-26-9-13-28(14-10-26)29-15-18-32(25(3)21-29)37(39,40)41)34(46)23-45-33-8-6-7-31(33)35(47)42-36(45)48-24-27-11-16-30(38)17-12-27/h9-18,21H,4-8,19-20,22-24H2,1-3H3/i9D,10D,13D,14D,15D,18D,21D,22D2,24D2. The summed E-state index contributed by atoms with van der Waals surface area (Å²) < 4.78 is 153. The molecule has 1 aliphatic rings. The van der Waals surface area contributed by atoms with E-state index < -0.39 is 112 Å². The Morgan fingerprint density at radius 3 is 2.35 bits per heavy atom. The maximum absolute atomic E-state index is 14.6. The quantitative estimate of drug-likeness (QED) is 0.0825. The Morgan fingerprint density at radius 1 is 1.00 bits per heavy atom. The van der Waals surface area contributed by atoms with Crippen molar-refractivity contribution in [2.24, 2.45) is 0 Å². The first-order chi connectivity index (χ1) is 27.4. The van der Waals surface area contributed by atoms with E-state index in [9.17, 15) is 29.9 Å². The molecular weight excluding hydrogens is 640 g/mol. The van der Waals surface area contributed by atoms with Crippen LogP contribution in [0.25, 0.3) is 11.1 Å². The lowest BCUT2D eigenvalue weighted by molar-refractivity contribution is -0.138. The molecule has 0 saturated carbocycles. The number of thioether (sulfide) groups is 1. The molecule has 0 atom stereocenters. The molecule has 4 aromatic rings. The van der Waals surface area contributed by atoms with Crippen LogP contribution in [0.2, 0.25) is 0 Å². The van der Waals surface area contributed by atoms with Gasteiger partial charge in [0, 0.05) is 39.3 Å². The molecule has 3 aromatic carbocycles. The summed E-state index contributed by atoms with van der Waals surface area (Å²) in [6.45, 7) is 1.31. The minimum absolute atomic E-state index is 0.0287. The highest BCUT2D eigenvalue weighted by Crippen LogP contribution is 2.34. The molecule has 0 bridgehead atoms. The Hall–Kier alpha value is -3.96. The van der Waals surface area contributed by atoms with Gasteiger partial charge in [0.25, 0.3) is 5.56 Å². The smallest absolute Gasteiger partial charge is 0.336 e. The van der Waals surface area contributed by atoms with Gasteiger partial charge < -0.3 is 14.4 Å². The maximum atomic E-state index is 14.6. The molecule has 5 rings (SSSR count). The van der Waals surface area contributed by atoms with Crippen LogP contribution in [0.3, 0.4) is 0 Å². The van der Waals surface area contributed by atoms with Gasteiger partial charge in [-0.3, -0.25) is 9.59 Å². The lowest BCUT2D eigenvalue weighted by Gasteiger charge is -2.28. The molecule has 0 radical (unpaired) electrons. The van der Waals surface area contributed by atoms with Crippen LogP contribution in [-0.4, -0.2) is 51.4 Å². The van der Waals surface area contributed by atoms with Gasteiger partial charge in [-0.05, 0) is 85.3 Å². The summed E-state index contributed by atoms with van der Waals surface area (Å²) in [6.07, 6.45) is -4.02. The van der Waals surface area contributed by atoms with E-state index >= 15 is 0 Å². The normalized spacial score (nSPS) is 16.7. The number of hydrogen-bond donors (Lipinski definition) is 0. The Bertz CT molecular complexity index is 2300. The Morgan fingerprint density at radius 2 is 1.69 bits per heavy atom. The minimum Gasteiger partial charge on any atom is -0.336 e. The zero-order valence-corrected chi connectivity index (χ0v) is 27.3. The molecule has 6 nitrogen and oxygen atoms in total. The highest BCUT2D eigenvalue weighted by atomic mass is 32.2. The average molecular weight is 692 g/mol. The van der Waals surface area contributed by atoms with Crippen molar-refractivity contribution < 1.29 is 37.4 Å². The van der Waals surface area contributed by atoms with Crippen LogP contribution in [0.5, 0.6) is 0 Å². The summed E-state index contributed by atoms with van der Waals surface area (Å²) in [5, 5.41) is -0.228. The van der Waals surface area contributed by atoms with Gasteiger partial charge in [-0.25, -0.2) is 4.39 Å². The van der Waals surface area contributed by atoms with Crippen molar-refractivity contribution in [2.45, 2.75) is 70.1 Å². The molecule has 0 saturated heterocycles. The number of halogens is 4. The zero-order valence-electron chi connectivity index (χ0n) is 37.5. The highest BCUT2D eigenvalue weighted by molar-refractivity contribution is 7.98. The summed E-state index contributed by atoms with van der Waals surface area (Å²) >= 11 is 0.483. The molecule has 0 unspecified atom stereocenters. The first-order valence-corrected chi connectivity index (χ1v) is 16.1. The second-order valence-corrected chi connectivity index (χ2v) is 11.7. The Kier molecular flexibility index (Phi) is 7.56. The molecule has 1 heterocycles. The largest absolute Gasteiger partial charge is 0.416 e. The van der Waals surface area contributed by atoms with E-state index in [-0.39, 0.29) is 29.4 Å². The van der Waals surface area contributed by atoms with Crippen LogP contribution in [0.15, 0.2) is 76.5 Å². The fourth-order valence-corrected chi connectivity index (χ4v) is 5.99. The third kappa shape index (κ3) is 8.54. The predicted octanol–water partition coefficient (Wildman–Crippen LogP) is 7.53. The Labute approximate surface area is 298 Å². The first kappa shape index (κ1) is 23.4.